The highest BCUT2D eigenvalue weighted by Crippen LogP contribution is 2.39. The number of likely N-dealkylation sites (tertiary alicyclic amines) is 1. The molecule has 1 aromatic heterocycles. The number of hydrogen-bond donors (Lipinski definition) is 1. The Hall–Kier alpha value is -1.56. The molecule has 2 aliphatic heterocycles. The molecule has 1 N–H and O–H groups in total. The Bertz CT molecular complexity index is 556. The van der Waals surface area contributed by atoms with Gasteiger partial charge in [-0.15, -0.1) is 0 Å². The zero-order valence-electron chi connectivity index (χ0n) is 15.2. The summed E-state index contributed by atoms with van der Waals surface area (Å²) in [5.41, 5.74) is 2.61. The van der Waals surface area contributed by atoms with Crippen LogP contribution in [0.3, 0.4) is 0 Å². The van der Waals surface area contributed by atoms with Crippen LogP contribution < -0.4 is 5.32 Å². The van der Waals surface area contributed by atoms with E-state index in [0.717, 1.165) is 63.2 Å². The van der Waals surface area contributed by atoms with Crippen LogP contribution in [0.5, 0.6) is 0 Å². The van der Waals surface area contributed by atoms with Gasteiger partial charge < -0.3 is 19.5 Å². The van der Waals surface area contributed by atoms with Crippen LogP contribution >= 0.6 is 0 Å². The largest absolute Gasteiger partial charge is 0.381 e. The average molecular weight is 334 g/mol. The number of rotatable bonds is 4. The first-order valence-electron chi connectivity index (χ1n) is 9.16. The van der Waals surface area contributed by atoms with Crippen molar-refractivity contribution in [2.45, 2.75) is 46.5 Å². The van der Waals surface area contributed by atoms with Gasteiger partial charge in [-0.1, -0.05) is 5.16 Å². The molecular weight excluding hydrogens is 304 g/mol. The molecule has 0 saturated carbocycles. The van der Waals surface area contributed by atoms with Crippen LogP contribution in [0.4, 0.5) is 0 Å². The molecule has 0 atom stereocenters. The first-order valence-corrected chi connectivity index (χ1v) is 9.16. The van der Waals surface area contributed by atoms with Crippen molar-refractivity contribution in [1.82, 2.24) is 15.4 Å². The molecule has 134 valence electrons. The lowest BCUT2D eigenvalue weighted by atomic mass is 9.80. The van der Waals surface area contributed by atoms with E-state index >= 15 is 0 Å². The lowest BCUT2D eigenvalue weighted by molar-refractivity contribution is 0.0217. The molecule has 3 heterocycles. The molecule has 0 radical (unpaired) electrons. The normalized spacial score (nSPS) is 20.8. The van der Waals surface area contributed by atoms with Gasteiger partial charge in [0.1, 0.15) is 5.76 Å². The molecule has 1 spiro atoms. The SMILES string of the molecule is CCNC(=NCCc1c(C)noc1C)N1CCC2(CCOCC2)C1. The minimum atomic E-state index is 0.441. The smallest absolute Gasteiger partial charge is 0.193 e. The van der Waals surface area contributed by atoms with Crippen molar-refractivity contribution in [2.24, 2.45) is 10.4 Å². The van der Waals surface area contributed by atoms with Gasteiger partial charge in [0.2, 0.25) is 0 Å². The van der Waals surface area contributed by atoms with E-state index in [0.29, 0.717) is 5.41 Å². The van der Waals surface area contributed by atoms with E-state index in [1.807, 2.05) is 13.8 Å². The molecule has 0 unspecified atom stereocenters. The Kier molecular flexibility index (Phi) is 5.43. The van der Waals surface area contributed by atoms with Crippen LogP contribution in [0.25, 0.3) is 0 Å². The average Bonchev–Trinajstić information content (AvgIpc) is 3.13. The van der Waals surface area contributed by atoms with Gasteiger partial charge >= 0.3 is 0 Å². The van der Waals surface area contributed by atoms with Gasteiger partial charge in [0.15, 0.2) is 5.96 Å². The van der Waals surface area contributed by atoms with Gasteiger partial charge in [-0.2, -0.15) is 0 Å². The van der Waals surface area contributed by atoms with Crippen LogP contribution in [0.2, 0.25) is 0 Å². The van der Waals surface area contributed by atoms with Gasteiger partial charge in [0.05, 0.1) is 5.69 Å². The van der Waals surface area contributed by atoms with Crippen molar-refractivity contribution >= 4 is 5.96 Å². The molecule has 24 heavy (non-hydrogen) atoms. The summed E-state index contributed by atoms with van der Waals surface area (Å²) in [5, 5.41) is 7.48. The summed E-state index contributed by atoms with van der Waals surface area (Å²) in [6.45, 7) is 11.8. The summed E-state index contributed by atoms with van der Waals surface area (Å²) < 4.78 is 10.8. The highest BCUT2D eigenvalue weighted by atomic mass is 16.5. The van der Waals surface area contributed by atoms with Crippen molar-refractivity contribution in [3.8, 4) is 0 Å². The second kappa shape index (κ2) is 7.55. The molecule has 2 saturated heterocycles. The van der Waals surface area contributed by atoms with Crippen molar-refractivity contribution in [2.75, 3.05) is 39.4 Å². The lowest BCUT2D eigenvalue weighted by Gasteiger charge is -2.33. The van der Waals surface area contributed by atoms with Crippen LogP contribution in [-0.4, -0.2) is 55.4 Å². The summed E-state index contributed by atoms with van der Waals surface area (Å²) in [7, 11) is 0. The minimum Gasteiger partial charge on any atom is -0.381 e. The maximum atomic E-state index is 5.55. The summed E-state index contributed by atoms with van der Waals surface area (Å²) in [6, 6.07) is 0. The second-order valence-corrected chi connectivity index (χ2v) is 7.07. The minimum absolute atomic E-state index is 0.441. The quantitative estimate of drug-likeness (QED) is 0.676. The molecule has 0 aliphatic carbocycles. The van der Waals surface area contributed by atoms with Crippen LogP contribution in [0, 0.1) is 19.3 Å². The molecule has 2 aliphatic rings. The fraction of sp³-hybridized carbons (Fsp3) is 0.778. The molecule has 2 fully saturated rings. The maximum absolute atomic E-state index is 5.55. The molecule has 3 rings (SSSR count). The molecule has 6 nitrogen and oxygen atoms in total. The summed E-state index contributed by atoms with van der Waals surface area (Å²) >= 11 is 0. The van der Waals surface area contributed by atoms with E-state index in [1.54, 1.807) is 0 Å². The van der Waals surface area contributed by atoms with Gasteiger partial charge in [-0.3, -0.25) is 4.99 Å². The Labute approximate surface area is 144 Å². The first-order chi connectivity index (χ1) is 11.6. The standard InChI is InChI=1S/C18H30N4O2/c1-4-19-17(20-9-5-16-14(2)21-24-15(16)3)22-10-6-18(13-22)7-11-23-12-8-18/h4-13H2,1-3H3,(H,19,20). The number of aliphatic imine (C=N–C) groups is 1. The first kappa shape index (κ1) is 17.3. The Morgan fingerprint density at radius 2 is 2.08 bits per heavy atom. The third kappa shape index (κ3) is 3.74. The maximum Gasteiger partial charge on any atom is 0.193 e. The van der Waals surface area contributed by atoms with E-state index in [9.17, 15) is 0 Å². The zero-order valence-corrected chi connectivity index (χ0v) is 15.2. The molecule has 0 amide bonds. The third-order valence-electron chi connectivity index (χ3n) is 5.43. The molecule has 0 aromatic carbocycles. The van der Waals surface area contributed by atoms with Crippen LogP contribution in [0.15, 0.2) is 9.52 Å². The van der Waals surface area contributed by atoms with Gasteiger partial charge in [-0.05, 0) is 51.9 Å². The highest BCUT2D eigenvalue weighted by Gasteiger charge is 2.40. The van der Waals surface area contributed by atoms with Crippen molar-refractivity contribution in [3.63, 3.8) is 0 Å². The number of aryl methyl sites for hydroxylation is 2. The number of ether oxygens (including phenoxy) is 1. The number of nitrogens with zero attached hydrogens (tertiary/aromatic N) is 3. The number of guanidine groups is 1. The van der Waals surface area contributed by atoms with Gasteiger partial charge in [-0.25, -0.2) is 0 Å². The van der Waals surface area contributed by atoms with E-state index in [-0.39, 0.29) is 0 Å². The van der Waals surface area contributed by atoms with Gasteiger partial charge in [0, 0.05) is 45.0 Å². The van der Waals surface area contributed by atoms with Crippen molar-refractivity contribution in [1.29, 1.82) is 0 Å². The van der Waals surface area contributed by atoms with E-state index in [1.165, 1.54) is 24.8 Å². The predicted octanol–water partition coefficient (Wildman–Crippen LogP) is 2.30. The summed E-state index contributed by atoms with van der Waals surface area (Å²) in [6.07, 6.45) is 4.50. The number of aromatic nitrogens is 1. The van der Waals surface area contributed by atoms with E-state index < -0.39 is 0 Å². The predicted molar refractivity (Wildman–Crippen MR) is 94.3 cm³/mol. The fourth-order valence-corrected chi connectivity index (χ4v) is 3.89. The highest BCUT2D eigenvalue weighted by molar-refractivity contribution is 5.80. The molecular formula is C18H30N4O2. The topological polar surface area (TPSA) is 62.9 Å². The van der Waals surface area contributed by atoms with E-state index in [2.05, 4.69) is 22.3 Å². The van der Waals surface area contributed by atoms with Crippen molar-refractivity contribution in [3.05, 3.63) is 17.0 Å². The van der Waals surface area contributed by atoms with E-state index in [4.69, 9.17) is 14.3 Å². The van der Waals surface area contributed by atoms with Crippen LogP contribution in [-0.2, 0) is 11.2 Å². The van der Waals surface area contributed by atoms with Gasteiger partial charge in [0.25, 0.3) is 0 Å². The number of hydrogen-bond acceptors (Lipinski definition) is 4. The summed E-state index contributed by atoms with van der Waals surface area (Å²) in [5.74, 6) is 1.96. The molecule has 1 aromatic rings. The Morgan fingerprint density at radius 1 is 1.29 bits per heavy atom. The Morgan fingerprint density at radius 3 is 2.75 bits per heavy atom. The Balaban J connectivity index is 1.62. The lowest BCUT2D eigenvalue weighted by Crippen LogP contribution is -2.42. The second-order valence-electron chi connectivity index (χ2n) is 7.07. The molecule has 6 heteroatoms. The third-order valence-corrected chi connectivity index (χ3v) is 5.43. The van der Waals surface area contributed by atoms with Crippen LogP contribution in [0.1, 0.15) is 43.2 Å². The summed E-state index contributed by atoms with van der Waals surface area (Å²) in [4.78, 5) is 7.29. The fourth-order valence-electron chi connectivity index (χ4n) is 3.89. The monoisotopic (exact) mass is 334 g/mol. The zero-order chi connectivity index (χ0) is 17.0. The molecule has 0 bridgehead atoms. The van der Waals surface area contributed by atoms with Crippen molar-refractivity contribution < 1.29 is 9.26 Å². The number of nitrogens with one attached hydrogen (secondary N) is 1.